The quantitative estimate of drug-likeness (QED) is 0.731. The predicted octanol–water partition coefficient (Wildman–Crippen LogP) is 3.16. The van der Waals surface area contributed by atoms with Crippen LogP contribution < -0.4 is 0 Å². The highest BCUT2D eigenvalue weighted by Crippen LogP contribution is 2.26. The van der Waals surface area contributed by atoms with E-state index in [0.29, 0.717) is 5.56 Å². The standard InChI is InChI=1S/C10H10BrFO/c1-6-3-4-8(9(12)5-6)10(11)7(2)13/h3-5,10H,1-2H3. The normalized spacial score (nSPS) is 12.6. The van der Waals surface area contributed by atoms with E-state index >= 15 is 0 Å². The number of halogens is 2. The molecule has 0 saturated heterocycles. The maximum Gasteiger partial charge on any atom is 0.147 e. The molecule has 0 spiro atoms. The molecule has 3 heteroatoms. The fourth-order valence-corrected chi connectivity index (χ4v) is 1.43. The Balaban J connectivity index is 3.08. The molecule has 1 aromatic carbocycles. The molecule has 0 N–H and O–H groups in total. The lowest BCUT2D eigenvalue weighted by molar-refractivity contribution is -0.116. The van der Waals surface area contributed by atoms with Crippen molar-refractivity contribution in [2.24, 2.45) is 0 Å². The van der Waals surface area contributed by atoms with E-state index in [4.69, 9.17) is 0 Å². The van der Waals surface area contributed by atoms with Crippen molar-refractivity contribution in [3.8, 4) is 0 Å². The van der Waals surface area contributed by atoms with Crippen molar-refractivity contribution in [1.82, 2.24) is 0 Å². The van der Waals surface area contributed by atoms with Crippen LogP contribution in [-0.4, -0.2) is 5.78 Å². The third-order valence-corrected chi connectivity index (χ3v) is 2.92. The smallest absolute Gasteiger partial charge is 0.147 e. The Hall–Kier alpha value is -0.700. The third-order valence-electron chi connectivity index (χ3n) is 1.79. The molecule has 1 nitrogen and oxygen atoms in total. The van der Waals surface area contributed by atoms with E-state index < -0.39 is 4.83 Å². The van der Waals surface area contributed by atoms with E-state index in [9.17, 15) is 9.18 Å². The van der Waals surface area contributed by atoms with Crippen molar-refractivity contribution in [3.63, 3.8) is 0 Å². The number of carbonyl (C=O) groups is 1. The van der Waals surface area contributed by atoms with Gasteiger partial charge in [-0.1, -0.05) is 28.1 Å². The van der Waals surface area contributed by atoms with Crippen LogP contribution in [0.2, 0.25) is 0 Å². The summed E-state index contributed by atoms with van der Waals surface area (Å²) in [6.45, 7) is 3.24. The summed E-state index contributed by atoms with van der Waals surface area (Å²) in [5, 5.41) is 0. The van der Waals surface area contributed by atoms with Crippen LogP contribution in [0.4, 0.5) is 4.39 Å². The van der Waals surface area contributed by atoms with Crippen molar-refractivity contribution in [2.45, 2.75) is 18.7 Å². The predicted molar refractivity (Wildman–Crippen MR) is 53.5 cm³/mol. The first-order chi connectivity index (χ1) is 6.02. The molecule has 0 amide bonds. The van der Waals surface area contributed by atoms with Gasteiger partial charge in [0.25, 0.3) is 0 Å². The molecule has 0 aliphatic carbocycles. The Bertz CT molecular complexity index is 336. The summed E-state index contributed by atoms with van der Waals surface area (Å²) in [7, 11) is 0. The van der Waals surface area contributed by atoms with E-state index in [1.54, 1.807) is 12.1 Å². The van der Waals surface area contributed by atoms with Crippen LogP contribution >= 0.6 is 15.9 Å². The molecule has 1 aromatic rings. The lowest BCUT2D eigenvalue weighted by Crippen LogP contribution is -2.03. The molecule has 1 unspecified atom stereocenters. The molecule has 70 valence electrons. The largest absolute Gasteiger partial charge is 0.298 e. The van der Waals surface area contributed by atoms with Gasteiger partial charge in [0.2, 0.25) is 0 Å². The highest BCUT2D eigenvalue weighted by Gasteiger charge is 2.16. The molecule has 0 bridgehead atoms. The van der Waals surface area contributed by atoms with Gasteiger partial charge in [0.15, 0.2) is 0 Å². The van der Waals surface area contributed by atoms with Gasteiger partial charge in [0, 0.05) is 5.56 Å². The first-order valence-electron chi connectivity index (χ1n) is 3.93. The molecular formula is C10H10BrFO. The minimum absolute atomic E-state index is 0.0947. The molecule has 0 aromatic heterocycles. The Labute approximate surface area is 85.1 Å². The second-order valence-electron chi connectivity index (χ2n) is 3.00. The maximum atomic E-state index is 13.3. The minimum Gasteiger partial charge on any atom is -0.298 e. The summed E-state index contributed by atoms with van der Waals surface area (Å²) >= 11 is 3.14. The zero-order valence-corrected chi connectivity index (χ0v) is 9.06. The van der Waals surface area contributed by atoms with Crippen molar-refractivity contribution in [2.75, 3.05) is 0 Å². The SMILES string of the molecule is CC(=O)C(Br)c1ccc(C)cc1F. The second kappa shape index (κ2) is 4.01. The van der Waals surface area contributed by atoms with Gasteiger partial charge in [-0.3, -0.25) is 4.79 Å². The van der Waals surface area contributed by atoms with Gasteiger partial charge in [0.1, 0.15) is 16.4 Å². The lowest BCUT2D eigenvalue weighted by Gasteiger charge is -2.07. The first kappa shape index (κ1) is 10.4. The van der Waals surface area contributed by atoms with E-state index in [-0.39, 0.29) is 11.6 Å². The van der Waals surface area contributed by atoms with Gasteiger partial charge < -0.3 is 0 Å². The Morgan fingerprint density at radius 1 is 1.54 bits per heavy atom. The Morgan fingerprint density at radius 3 is 2.62 bits per heavy atom. The van der Waals surface area contributed by atoms with Crippen molar-refractivity contribution in [1.29, 1.82) is 0 Å². The fraction of sp³-hybridized carbons (Fsp3) is 0.300. The second-order valence-corrected chi connectivity index (χ2v) is 3.91. The maximum absolute atomic E-state index is 13.3. The van der Waals surface area contributed by atoms with Gasteiger partial charge in [-0.05, 0) is 25.5 Å². The zero-order chi connectivity index (χ0) is 10.0. The number of hydrogen-bond acceptors (Lipinski definition) is 1. The average Bonchev–Trinajstić information content (AvgIpc) is 2.03. The number of ketones is 1. The number of aryl methyl sites for hydroxylation is 1. The monoisotopic (exact) mass is 244 g/mol. The van der Waals surface area contributed by atoms with Gasteiger partial charge in [-0.25, -0.2) is 4.39 Å². The van der Waals surface area contributed by atoms with Crippen LogP contribution in [0.3, 0.4) is 0 Å². The third kappa shape index (κ3) is 2.37. The van der Waals surface area contributed by atoms with Gasteiger partial charge in [-0.2, -0.15) is 0 Å². The summed E-state index contributed by atoms with van der Waals surface area (Å²) in [6.07, 6.45) is 0. The minimum atomic E-state index is -0.534. The topological polar surface area (TPSA) is 17.1 Å². The molecule has 1 rings (SSSR count). The molecule has 13 heavy (non-hydrogen) atoms. The summed E-state index contributed by atoms with van der Waals surface area (Å²) < 4.78 is 13.3. The fourth-order valence-electron chi connectivity index (χ4n) is 1.06. The van der Waals surface area contributed by atoms with E-state index in [1.807, 2.05) is 6.92 Å². The van der Waals surface area contributed by atoms with Crippen LogP contribution in [0.1, 0.15) is 22.9 Å². The molecule has 0 saturated carbocycles. The number of Topliss-reactive ketones (excluding diaryl/α,β-unsaturated/α-hetero) is 1. The number of hydrogen-bond donors (Lipinski definition) is 0. The number of rotatable bonds is 2. The lowest BCUT2D eigenvalue weighted by atomic mass is 10.1. The molecular weight excluding hydrogens is 235 g/mol. The number of carbonyl (C=O) groups excluding carboxylic acids is 1. The number of alkyl halides is 1. The first-order valence-corrected chi connectivity index (χ1v) is 4.84. The summed E-state index contributed by atoms with van der Waals surface area (Å²) in [5.41, 5.74) is 1.25. The van der Waals surface area contributed by atoms with Crippen molar-refractivity contribution in [3.05, 3.63) is 35.1 Å². The van der Waals surface area contributed by atoms with Gasteiger partial charge in [-0.15, -0.1) is 0 Å². The van der Waals surface area contributed by atoms with Crippen LogP contribution in [0.25, 0.3) is 0 Å². The summed E-state index contributed by atoms with van der Waals surface area (Å²) in [6, 6.07) is 4.84. The molecule has 0 aliphatic rings. The number of benzene rings is 1. The van der Waals surface area contributed by atoms with Crippen LogP contribution in [0, 0.1) is 12.7 Å². The van der Waals surface area contributed by atoms with Crippen LogP contribution in [-0.2, 0) is 4.79 Å². The van der Waals surface area contributed by atoms with Crippen LogP contribution in [0.5, 0.6) is 0 Å². The molecule has 0 heterocycles. The highest BCUT2D eigenvalue weighted by molar-refractivity contribution is 9.09. The van der Waals surface area contributed by atoms with E-state index in [0.717, 1.165) is 5.56 Å². The molecule has 1 atom stereocenters. The molecule has 0 aliphatic heterocycles. The Morgan fingerprint density at radius 2 is 2.15 bits per heavy atom. The average molecular weight is 245 g/mol. The van der Waals surface area contributed by atoms with Crippen molar-refractivity contribution >= 4 is 21.7 Å². The Kier molecular flexibility index (Phi) is 3.20. The zero-order valence-electron chi connectivity index (χ0n) is 7.47. The van der Waals surface area contributed by atoms with E-state index in [1.165, 1.54) is 13.0 Å². The van der Waals surface area contributed by atoms with Crippen molar-refractivity contribution < 1.29 is 9.18 Å². The summed E-state index contributed by atoms with van der Waals surface area (Å²) in [5.74, 6) is -0.431. The van der Waals surface area contributed by atoms with Gasteiger partial charge >= 0.3 is 0 Å². The molecule has 0 fully saturated rings. The molecule has 0 radical (unpaired) electrons. The summed E-state index contributed by atoms with van der Waals surface area (Å²) in [4.78, 5) is 10.4. The van der Waals surface area contributed by atoms with Gasteiger partial charge in [0.05, 0.1) is 0 Å². The highest BCUT2D eigenvalue weighted by atomic mass is 79.9. The van der Waals surface area contributed by atoms with E-state index in [2.05, 4.69) is 15.9 Å². The van der Waals surface area contributed by atoms with Crippen LogP contribution in [0.15, 0.2) is 18.2 Å².